The molecule has 1 aliphatic rings. The van der Waals surface area contributed by atoms with Gasteiger partial charge in [-0.1, -0.05) is 23.7 Å². The number of hydrogen-bond donors (Lipinski definition) is 1. The summed E-state index contributed by atoms with van der Waals surface area (Å²) in [4.78, 5) is 28.6. The van der Waals surface area contributed by atoms with Gasteiger partial charge in [0.15, 0.2) is 0 Å². The van der Waals surface area contributed by atoms with Gasteiger partial charge in [0.25, 0.3) is 11.7 Å². The maximum absolute atomic E-state index is 13.2. The summed E-state index contributed by atoms with van der Waals surface area (Å²) in [5, 5.41) is 13.5. The summed E-state index contributed by atoms with van der Waals surface area (Å²) in [5.41, 5.74) is 4.00. The molecule has 1 aromatic heterocycles. The molecule has 5 nitrogen and oxygen atoms in total. The molecule has 7 heteroatoms. The van der Waals surface area contributed by atoms with Crippen LogP contribution in [0.3, 0.4) is 0 Å². The number of hydrogen-bond acceptors (Lipinski definition) is 5. The Morgan fingerprint density at radius 3 is 2.38 bits per heavy atom. The van der Waals surface area contributed by atoms with Gasteiger partial charge >= 0.3 is 0 Å². The zero-order valence-electron chi connectivity index (χ0n) is 18.1. The molecule has 0 spiro atoms. The Kier molecular flexibility index (Phi) is 5.84. The molecule has 1 N–H and O–H groups in total. The highest BCUT2D eigenvalue weighted by Crippen LogP contribution is 2.45. The average molecular weight is 468 g/mol. The molecule has 32 heavy (non-hydrogen) atoms. The fourth-order valence-corrected chi connectivity index (χ4v) is 5.14. The third-order valence-corrected chi connectivity index (χ3v) is 7.16. The van der Waals surface area contributed by atoms with Crippen molar-refractivity contribution in [1.29, 1.82) is 0 Å². The molecule has 0 radical (unpaired) electrons. The Morgan fingerprint density at radius 2 is 1.78 bits per heavy atom. The molecule has 2 aromatic carbocycles. The Balaban J connectivity index is 1.95. The molecule has 164 valence electrons. The van der Waals surface area contributed by atoms with Gasteiger partial charge in [-0.3, -0.25) is 14.5 Å². The second-order valence-corrected chi connectivity index (χ2v) is 9.11. The van der Waals surface area contributed by atoms with Crippen molar-refractivity contribution in [3.63, 3.8) is 0 Å². The van der Waals surface area contributed by atoms with E-state index in [9.17, 15) is 14.7 Å². The third-order valence-electron chi connectivity index (χ3n) is 5.79. The number of nitrogens with zero attached hydrogens (tertiary/aromatic N) is 1. The van der Waals surface area contributed by atoms with Crippen molar-refractivity contribution in [2.75, 3.05) is 12.0 Å². The number of halogens is 1. The van der Waals surface area contributed by atoms with E-state index in [2.05, 4.69) is 0 Å². The van der Waals surface area contributed by atoms with Gasteiger partial charge in [0, 0.05) is 16.1 Å². The van der Waals surface area contributed by atoms with Crippen molar-refractivity contribution in [2.24, 2.45) is 0 Å². The van der Waals surface area contributed by atoms with Crippen molar-refractivity contribution in [3.05, 3.63) is 85.6 Å². The van der Waals surface area contributed by atoms with Crippen LogP contribution in [0.25, 0.3) is 5.76 Å². The first-order valence-electron chi connectivity index (χ1n) is 10.0. The number of benzene rings is 2. The molecule has 1 aliphatic heterocycles. The fourth-order valence-electron chi connectivity index (χ4n) is 3.86. The van der Waals surface area contributed by atoms with E-state index < -0.39 is 17.7 Å². The average Bonchev–Trinajstić information content (AvgIpc) is 3.30. The Labute approximate surface area is 195 Å². The molecule has 0 aliphatic carbocycles. The maximum Gasteiger partial charge on any atom is 0.300 e. The summed E-state index contributed by atoms with van der Waals surface area (Å²) in [7, 11) is 1.51. The third kappa shape index (κ3) is 3.59. The first-order valence-corrected chi connectivity index (χ1v) is 11.3. The Morgan fingerprint density at radius 1 is 1.03 bits per heavy atom. The SMILES string of the molecule is COc1ccc(N2C(=O)C(=O)/C(=C(\O)c3ccc(C)c(C)c3)C2c2sccc2C)cc1Cl. The maximum atomic E-state index is 13.2. The first-order chi connectivity index (χ1) is 15.2. The minimum atomic E-state index is -0.763. The van der Waals surface area contributed by atoms with E-state index in [-0.39, 0.29) is 11.3 Å². The van der Waals surface area contributed by atoms with Gasteiger partial charge in [-0.25, -0.2) is 0 Å². The number of carbonyl (C=O) groups is 2. The van der Waals surface area contributed by atoms with Crippen LogP contribution in [0.2, 0.25) is 5.02 Å². The van der Waals surface area contributed by atoms with Crippen LogP contribution in [0, 0.1) is 20.8 Å². The lowest BCUT2D eigenvalue weighted by atomic mass is 9.96. The van der Waals surface area contributed by atoms with Gasteiger partial charge in [0.05, 0.1) is 17.7 Å². The molecule has 0 bridgehead atoms. The van der Waals surface area contributed by atoms with Gasteiger partial charge in [-0.15, -0.1) is 11.3 Å². The van der Waals surface area contributed by atoms with Gasteiger partial charge in [-0.2, -0.15) is 0 Å². The zero-order chi connectivity index (χ0) is 23.2. The van der Waals surface area contributed by atoms with Crippen molar-refractivity contribution in [3.8, 4) is 5.75 Å². The topological polar surface area (TPSA) is 66.8 Å². The van der Waals surface area contributed by atoms with Crippen LogP contribution in [0.15, 0.2) is 53.4 Å². The quantitative estimate of drug-likeness (QED) is 0.292. The van der Waals surface area contributed by atoms with Crippen molar-refractivity contribution < 1.29 is 19.4 Å². The molecule has 0 saturated carbocycles. The van der Waals surface area contributed by atoms with E-state index in [1.807, 2.05) is 44.4 Å². The molecule has 3 aromatic rings. The lowest BCUT2D eigenvalue weighted by Gasteiger charge is -2.25. The summed E-state index contributed by atoms with van der Waals surface area (Å²) in [6.45, 7) is 5.83. The molecule has 1 saturated heterocycles. The summed E-state index contributed by atoms with van der Waals surface area (Å²) in [6.07, 6.45) is 0. The summed E-state index contributed by atoms with van der Waals surface area (Å²) in [5.74, 6) is -1.17. The molecule has 1 unspecified atom stereocenters. The number of rotatable bonds is 4. The molecule has 4 rings (SSSR count). The standard InChI is InChI=1S/C25H22ClNO4S/c1-13-5-6-16(11-15(13)3)22(28)20-21(24-14(2)9-10-32-24)27(25(30)23(20)29)17-7-8-19(31-4)18(26)12-17/h5-12,21,28H,1-4H3/b22-20-. The number of carbonyl (C=O) groups excluding carboxylic acids is 2. The Bertz CT molecular complexity index is 1280. The number of aryl methyl sites for hydroxylation is 3. The number of thiophene rings is 1. The lowest BCUT2D eigenvalue weighted by Crippen LogP contribution is -2.29. The van der Waals surface area contributed by atoms with Crippen LogP contribution in [0.4, 0.5) is 5.69 Å². The summed E-state index contributed by atoms with van der Waals surface area (Å²) >= 11 is 7.75. The van der Waals surface area contributed by atoms with E-state index in [4.69, 9.17) is 16.3 Å². The predicted octanol–water partition coefficient (Wildman–Crippen LogP) is 5.96. The molecule has 1 fully saturated rings. The number of Topliss-reactive ketones (excluding diaryl/α,β-unsaturated/α-hetero) is 1. The summed E-state index contributed by atoms with van der Waals surface area (Å²) in [6, 6.07) is 11.6. The van der Waals surface area contributed by atoms with Crippen molar-refractivity contribution in [1.82, 2.24) is 0 Å². The highest BCUT2D eigenvalue weighted by molar-refractivity contribution is 7.10. The first kappa shape index (κ1) is 22.1. The second-order valence-electron chi connectivity index (χ2n) is 7.75. The lowest BCUT2D eigenvalue weighted by molar-refractivity contribution is -0.132. The van der Waals surface area contributed by atoms with Gasteiger partial charge in [0.2, 0.25) is 0 Å². The number of anilines is 1. The molecular weight excluding hydrogens is 446 g/mol. The number of ether oxygens (including phenoxy) is 1. The van der Waals surface area contributed by atoms with Crippen molar-refractivity contribution >= 4 is 46.1 Å². The van der Waals surface area contributed by atoms with Crippen LogP contribution >= 0.6 is 22.9 Å². The number of aliphatic hydroxyl groups is 1. The molecule has 1 atom stereocenters. The van der Waals surface area contributed by atoms with E-state index in [1.165, 1.54) is 23.3 Å². The van der Waals surface area contributed by atoms with E-state index >= 15 is 0 Å². The number of aliphatic hydroxyl groups excluding tert-OH is 1. The van der Waals surface area contributed by atoms with Gasteiger partial charge in [0.1, 0.15) is 17.6 Å². The van der Waals surface area contributed by atoms with Gasteiger partial charge in [-0.05, 0) is 73.2 Å². The smallest absolute Gasteiger partial charge is 0.300 e. The highest BCUT2D eigenvalue weighted by Gasteiger charge is 2.48. The second kappa shape index (κ2) is 8.45. The highest BCUT2D eigenvalue weighted by atomic mass is 35.5. The molecule has 1 amide bonds. The molecular formula is C25H22ClNO4S. The van der Waals surface area contributed by atoms with E-state index in [0.29, 0.717) is 22.0 Å². The number of amides is 1. The van der Waals surface area contributed by atoms with E-state index in [1.54, 1.807) is 24.3 Å². The van der Waals surface area contributed by atoms with Crippen molar-refractivity contribution in [2.45, 2.75) is 26.8 Å². The van der Waals surface area contributed by atoms with Crippen LogP contribution in [-0.4, -0.2) is 23.9 Å². The monoisotopic (exact) mass is 467 g/mol. The number of methoxy groups -OCH3 is 1. The minimum absolute atomic E-state index is 0.0655. The fraction of sp³-hybridized carbons (Fsp3) is 0.200. The van der Waals surface area contributed by atoms with Crippen LogP contribution in [-0.2, 0) is 9.59 Å². The minimum Gasteiger partial charge on any atom is -0.507 e. The van der Waals surface area contributed by atoms with E-state index in [0.717, 1.165) is 21.6 Å². The van der Waals surface area contributed by atoms with Crippen LogP contribution in [0.1, 0.15) is 33.2 Å². The molecule has 2 heterocycles. The van der Waals surface area contributed by atoms with Crippen LogP contribution < -0.4 is 9.64 Å². The summed E-state index contributed by atoms with van der Waals surface area (Å²) < 4.78 is 5.22. The van der Waals surface area contributed by atoms with Crippen LogP contribution in [0.5, 0.6) is 5.75 Å². The largest absolute Gasteiger partial charge is 0.507 e. The van der Waals surface area contributed by atoms with Gasteiger partial charge < -0.3 is 9.84 Å². The predicted molar refractivity (Wildman–Crippen MR) is 128 cm³/mol. The Hall–Kier alpha value is -3.09. The number of ketones is 1. The zero-order valence-corrected chi connectivity index (χ0v) is 19.7. The normalized spacial score (nSPS) is 17.8.